The first-order valence-corrected chi connectivity index (χ1v) is 6.21. The van der Waals surface area contributed by atoms with E-state index in [1.807, 2.05) is 13.8 Å². The number of carbonyl (C=O) groups is 1. The van der Waals surface area contributed by atoms with Crippen molar-refractivity contribution in [2.45, 2.75) is 47.1 Å². The van der Waals surface area contributed by atoms with Gasteiger partial charge in [0, 0.05) is 0 Å². The molecule has 0 aromatic carbocycles. The Kier molecular flexibility index (Phi) is 4.57. The van der Waals surface area contributed by atoms with E-state index in [2.05, 4.69) is 26.1 Å². The summed E-state index contributed by atoms with van der Waals surface area (Å²) in [7, 11) is 0. The summed E-state index contributed by atoms with van der Waals surface area (Å²) in [6.45, 7) is 9.87. The monoisotopic (exact) mass is 253 g/mol. The van der Waals surface area contributed by atoms with E-state index in [1.54, 1.807) is 6.07 Å². The molecule has 0 fully saturated rings. The summed E-state index contributed by atoms with van der Waals surface area (Å²) in [5, 5.41) is 12.1. The molecular formula is C14H23NO3. The molecule has 1 heterocycles. The van der Waals surface area contributed by atoms with Crippen molar-refractivity contribution in [2.75, 3.05) is 6.61 Å². The largest absolute Gasteiger partial charge is 0.456 e. The molecule has 102 valence electrons. The highest BCUT2D eigenvalue weighted by Gasteiger charge is 2.21. The molecule has 0 spiro atoms. The smallest absolute Gasteiger partial charge is 0.287 e. The zero-order valence-electron chi connectivity index (χ0n) is 11.8. The van der Waals surface area contributed by atoms with E-state index in [-0.39, 0.29) is 24.0 Å². The predicted molar refractivity (Wildman–Crippen MR) is 70.6 cm³/mol. The third-order valence-electron chi connectivity index (χ3n) is 2.80. The Bertz CT molecular complexity index is 396. The van der Waals surface area contributed by atoms with Crippen LogP contribution in [0.4, 0.5) is 0 Å². The standard InChI is InChI=1S/C14H23NO3/c1-9-6-12(18-10(9)2)13(17)15-11(8-16)7-14(3,4)5/h6,11,16H,7-8H2,1-5H3,(H,15,17). The lowest BCUT2D eigenvalue weighted by molar-refractivity contribution is 0.0868. The second kappa shape index (κ2) is 5.57. The van der Waals surface area contributed by atoms with Crippen LogP contribution < -0.4 is 5.32 Å². The summed E-state index contributed by atoms with van der Waals surface area (Å²) < 4.78 is 5.36. The lowest BCUT2D eigenvalue weighted by Gasteiger charge is -2.25. The summed E-state index contributed by atoms with van der Waals surface area (Å²) in [6.07, 6.45) is 0.716. The first-order valence-electron chi connectivity index (χ1n) is 6.21. The highest BCUT2D eigenvalue weighted by molar-refractivity contribution is 5.91. The molecule has 0 aliphatic carbocycles. The SMILES string of the molecule is Cc1cc(C(=O)NC(CO)CC(C)(C)C)oc1C. The quantitative estimate of drug-likeness (QED) is 0.866. The molecule has 0 radical (unpaired) electrons. The van der Waals surface area contributed by atoms with E-state index < -0.39 is 0 Å². The second-order valence-electron chi connectivity index (χ2n) is 5.97. The van der Waals surface area contributed by atoms with Gasteiger partial charge in [0.05, 0.1) is 12.6 Å². The van der Waals surface area contributed by atoms with Crippen LogP contribution in [0.2, 0.25) is 0 Å². The van der Waals surface area contributed by atoms with E-state index >= 15 is 0 Å². The van der Waals surface area contributed by atoms with Gasteiger partial charge in [0.2, 0.25) is 0 Å². The molecule has 4 heteroatoms. The van der Waals surface area contributed by atoms with Gasteiger partial charge in [-0.15, -0.1) is 0 Å². The second-order valence-corrected chi connectivity index (χ2v) is 5.97. The summed E-state index contributed by atoms with van der Waals surface area (Å²) in [5.41, 5.74) is 1.01. The third-order valence-corrected chi connectivity index (χ3v) is 2.80. The van der Waals surface area contributed by atoms with Crippen molar-refractivity contribution in [3.8, 4) is 0 Å². The number of hydrogen-bond donors (Lipinski definition) is 2. The number of carbonyl (C=O) groups excluding carboxylic acids is 1. The van der Waals surface area contributed by atoms with Gasteiger partial charge < -0.3 is 14.8 Å². The molecule has 4 nitrogen and oxygen atoms in total. The molecule has 1 aromatic heterocycles. The Hall–Kier alpha value is -1.29. The fourth-order valence-corrected chi connectivity index (χ4v) is 1.84. The van der Waals surface area contributed by atoms with Gasteiger partial charge in [-0.2, -0.15) is 0 Å². The van der Waals surface area contributed by atoms with Crippen LogP contribution in [0.5, 0.6) is 0 Å². The Labute approximate surface area is 108 Å². The van der Waals surface area contributed by atoms with Crippen molar-refractivity contribution < 1.29 is 14.3 Å². The van der Waals surface area contributed by atoms with Crippen LogP contribution in [0.1, 0.15) is 49.1 Å². The number of aliphatic hydroxyl groups is 1. The molecule has 1 amide bonds. The van der Waals surface area contributed by atoms with Crippen LogP contribution >= 0.6 is 0 Å². The molecular weight excluding hydrogens is 230 g/mol. The van der Waals surface area contributed by atoms with Gasteiger partial charge in [0.25, 0.3) is 5.91 Å². The zero-order chi connectivity index (χ0) is 13.9. The van der Waals surface area contributed by atoms with Gasteiger partial charge in [-0.05, 0) is 37.3 Å². The molecule has 0 bridgehead atoms. The molecule has 1 rings (SSSR count). The van der Waals surface area contributed by atoms with Gasteiger partial charge >= 0.3 is 0 Å². The van der Waals surface area contributed by atoms with Crippen molar-refractivity contribution in [3.63, 3.8) is 0 Å². The number of aliphatic hydroxyl groups excluding tert-OH is 1. The number of aryl methyl sites for hydroxylation is 2. The van der Waals surface area contributed by atoms with E-state index in [1.165, 1.54) is 0 Å². The number of nitrogens with one attached hydrogen (secondary N) is 1. The van der Waals surface area contributed by atoms with E-state index in [0.717, 1.165) is 11.3 Å². The Balaban J connectivity index is 2.68. The van der Waals surface area contributed by atoms with Crippen LogP contribution in [0.25, 0.3) is 0 Å². The molecule has 2 N–H and O–H groups in total. The number of furan rings is 1. The average molecular weight is 253 g/mol. The first kappa shape index (κ1) is 14.8. The van der Waals surface area contributed by atoms with Gasteiger partial charge in [-0.1, -0.05) is 20.8 Å². The third kappa shape index (κ3) is 4.18. The lowest BCUT2D eigenvalue weighted by Crippen LogP contribution is -2.39. The summed E-state index contributed by atoms with van der Waals surface area (Å²) in [6, 6.07) is 1.47. The van der Waals surface area contributed by atoms with Crippen molar-refractivity contribution in [2.24, 2.45) is 5.41 Å². The maximum absolute atomic E-state index is 11.9. The van der Waals surface area contributed by atoms with Gasteiger partial charge in [0.15, 0.2) is 5.76 Å². The van der Waals surface area contributed by atoms with Gasteiger partial charge in [-0.25, -0.2) is 0 Å². The van der Waals surface area contributed by atoms with Gasteiger partial charge in [-0.3, -0.25) is 4.79 Å². The van der Waals surface area contributed by atoms with Crippen molar-refractivity contribution in [3.05, 3.63) is 23.2 Å². The van der Waals surface area contributed by atoms with Crippen LogP contribution in [0.15, 0.2) is 10.5 Å². The van der Waals surface area contributed by atoms with Crippen molar-refractivity contribution >= 4 is 5.91 Å². The molecule has 1 atom stereocenters. The Morgan fingerprint density at radius 3 is 2.44 bits per heavy atom. The highest BCUT2D eigenvalue weighted by Crippen LogP contribution is 2.21. The Morgan fingerprint density at radius 1 is 1.44 bits per heavy atom. The first-order chi connectivity index (χ1) is 8.23. The van der Waals surface area contributed by atoms with Crippen LogP contribution in [0.3, 0.4) is 0 Å². The minimum Gasteiger partial charge on any atom is -0.456 e. The average Bonchev–Trinajstić information content (AvgIpc) is 2.56. The van der Waals surface area contributed by atoms with Crippen LogP contribution in [-0.2, 0) is 0 Å². The molecule has 0 aliphatic rings. The molecule has 0 aliphatic heterocycles. The fraction of sp³-hybridized carbons (Fsp3) is 0.643. The van der Waals surface area contributed by atoms with E-state index in [9.17, 15) is 9.90 Å². The summed E-state index contributed by atoms with van der Waals surface area (Å²) in [5.74, 6) is 0.781. The van der Waals surface area contributed by atoms with E-state index in [4.69, 9.17) is 4.42 Å². The van der Waals surface area contributed by atoms with Crippen LogP contribution in [0, 0.1) is 19.3 Å². The molecule has 18 heavy (non-hydrogen) atoms. The van der Waals surface area contributed by atoms with Crippen molar-refractivity contribution in [1.82, 2.24) is 5.32 Å². The number of rotatable bonds is 4. The van der Waals surface area contributed by atoms with E-state index in [0.29, 0.717) is 12.2 Å². The normalized spacial score (nSPS) is 13.4. The maximum atomic E-state index is 11.9. The molecule has 0 saturated heterocycles. The fourth-order valence-electron chi connectivity index (χ4n) is 1.84. The Morgan fingerprint density at radius 2 is 2.06 bits per heavy atom. The topological polar surface area (TPSA) is 62.5 Å². The zero-order valence-corrected chi connectivity index (χ0v) is 11.8. The molecule has 0 saturated carbocycles. The molecule has 1 aromatic rings. The highest BCUT2D eigenvalue weighted by atomic mass is 16.3. The van der Waals surface area contributed by atoms with Gasteiger partial charge in [0.1, 0.15) is 5.76 Å². The van der Waals surface area contributed by atoms with Crippen LogP contribution in [-0.4, -0.2) is 23.7 Å². The summed E-state index contributed by atoms with van der Waals surface area (Å²) in [4.78, 5) is 11.9. The summed E-state index contributed by atoms with van der Waals surface area (Å²) >= 11 is 0. The van der Waals surface area contributed by atoms with Crippen molar-refractivity contribution in [1.29, 1.82) is 0 Å². The minimum atomic E-state index is -0.269. The number of hydrogen-bond acceptors (Lipinski definition) is 3. The number of amides is 1. The maximum Gasteiger partial charge on any atom is 0.287 e. The lowest BCUT2D eigenvalue weighted by atomic mass is 9.88. The minimum absolute atomic E-state index is 0.0513. The predicted octanol–water partition coefficient (Wildman–Crippen LogP) is 2.42. The molecule has 1 unspecified atom stereocenters.